The van der Waals surface area contributed by atoms with Crippen LogP contribution in [0, 0.1) is 17.8 Å². The van der Waals surface area contributed by atoms with Gasteiger partial charge in [0.1, 0.15) is 0 Å². The molecule has 1 fully saturated rings. The third-order valence-corrected chi connectivity index (χ3v) is 4.19. The molecular formula is C15H30N2O. The summed E-state index contributed by atoms with van der Waals surface area (Å²) in [5.41, 5.74) is 5.77. The van der Waals surface area contributed by atoms with Crippen LogP contribution in [-0.4, -0.2) is 30.4 Å². The molecule has 106 valence electrons. The smallest absolute Gasteiger partial charge is 0.226 e. The van der Waals surface area contributed by atoms with E-state index in [0.717, 1.165) is 25.2 Å². The molecule has 3 nitrogen and oxygen atoms in total. The number of nitrogens with zero attached hydrogens (tertiary/aromatic N) is 1. The minimum atomic E-state index is 0.00670. The molecule has 0 heterocycles. The monoisotopic (exact) mass is 254 g/mol. The fraction of sp³-hybridized carbons (Fsp3) is 0.933. The van der Waals surface area contributed by atoms with Crippen LogP contribution in [0.2, 0.25) is 0 Å². The second-order valence-electron chi connectivity index (χ2n) is 6.44. The van der Waals surface area contributed by atoms with Gasteiger partial charge in [-0.05, 0) is 31.1 Å². The number of nitrogens with two attached hydrogens (primary N) is 1. The first-order chi connectivity index (χ1) is 8.45. The highest BCUT2D eigenvalue weighted by Gasteiger charge is 2.29. The Kier molecular flexibility index (Phi) is 6.13. The number of rotatable bonds is 5. The molecule has 0 spiro atoms. The maximum Gasteiger partial charge on any atom is 0.226 e. The quantitative estimate of drug-likeness (QED) is 0.820. The van der Waals surface area contributed by atoms with E-state index in [4.69, 9.17) is 5.73 Å². The van der Waals surface area contributed by atoms with Crippen molar-refractivity contribution in [1.29, 1.82) is 0 Å². The molecule has 0 radical (unpaired) electrons. The van der Waals surface area contributed by atoms with E-state index in [0.29, 0.717) is 18.5 Å². The summed E-state index contributed by atoms with van der Waals surface area (Å²) < 4.78 is 0. The molecule has 0 saturated heterocycles. The van der Waals surface area contributed by atoms with Crippen molar-refractivity contribution >= 4 is 5.91 Å². The molecule has 2 N–H and O–H groups in total. The summed E-state index contributed by atoms with van der Waals surface area (Å²) in [5.74, 6) is 1.54. The number of carbonyl (C=O) groups is 1. The first kappa shape index (κ1) is 15.5. The molecule has 3 heteroatoms. The van der Waals surface area contributed by atoms with Gasteiger partial charge >= 0.3 is 0 Å². The van der Waals surface area contributed by atoms with E-state index in [1.54, 1.807) is 0 Å². The normalized spacial score (nSPS) is 26.1. The van der Waals surface area contributed by atoms with Crippen molar-refractivity contribution in [2.75, 3.05) is 13.6 Å². The number of hydrogen-bond donors (Lipinski definition) is 1. The minimum Gasteiger partial charge on any atom is -0.342 e. The Morgan fingerprint density at radius 1 is 1.39 bits per heavy atom. The van der Waals surface area contributed by atoms with E-state index in [1.807, 2.05) is 11.9 Å². The molecule has 0 aliphatic heterocycles. The Bertz CT molecular complexity index is 265. The standard InChI is InChI=1S/C15H30N2O/c1-11(2)8-13(10-16)15(18)17(4)14-7-5-6-12(3)9-14/h11-14H,5-10,16H2,1-4H3. The molecule has 1 amide bonds. The van der Waals surface area contributed by atoms with E-state index in [1.165, 1.54) is 12.8 Å². The van der Waals surface area contributed by atoms with Crippen LogP contribution < -0.4 is 5.73 Å². The van der Waals surface area contributed by atoms with Gasteiger partial charge in [0.2, 0.25) is 5.91 Å². The zero-order valence-electron chi connectivity index (χ0n) is 12.5. The average Bonchev–Trinajstić information content (AvgIpc) is 2.34. The van der Waals surface area contributed by atoms with Crippen LogP contribution in [0.25, 0.3) is 0 Å². The Labute approximate surface area is 112 Å². The molecule has 0 bridgehead atoms. The van der Waals surface area contributed by atoms with E-state index in [-0.39, 0.29) is 11.8 Å². The van der Waals surface area contributed by atoms with Crippen molar-refractivity contribution in [1.82, 2.24) is 4.90 Å². The third-order valence-electron chi connectivity index (χ3n) is 4.19. The second-order valence-corrected chi connectivity index (χ2v) is 6.44. The van der Waals surface area contributed by atoms with Gasteiger partial charge in [0.15, 0.2) is 0 Å². The first-order valence-corrected chi connectivity index (χ1v) is 7.42. The van der Waals surface area contributed by atoms with E-state index in [9.17, 15) is 4.79 Å². The number of carbonyl (C=O) groups excluding carboxylic acids is 1. The van der Waals surface area contributed by atoms with Crippen LogP contribution in [0.15, 0.2) is 0 Å². The zero-order valence-corrected chi connectivity index (χ0v) is 12.5. The van der Waals surface area contributed by atoms with Crippen molar-refractivity contribution < 1.29 is 4.79 Å². The van der Waals surface area contributed by atoms with Crippen LogP contribution in [0.1, 0.15) is 52.9 Å². The average molecular weight is 254 g/mol. The Morgan fingerprint density at radius 2 is 2.06 bits per heavy atom. The van der Waals surface area contributed by atoms with Crippen molar-refractivity contribution in [3.05, 3.63) is 0 Å². The van der Waals surface area contributed by atoms with Gasteiger partial charge in [-0.1, -0.05) is 33.6 Å². The summed E-state index contributed by atoms with van der Waals surface area (Å²) in [7, 11) is 1.97. The zero-order chi connectivity index (χ0) is 13.7. The van der Waals surface area contributed by atoms with Crippen molar-refractivity contribution in [3.8, 4) is 0 Å². The van der Waals surface area contributed by atoms with Crippen LogP contribution >= 0.6 is 0 Å². The lowest BCUT2D eigenvalue weighted by Crippen LogP contribution is -2.44. The summed E-state index contributed by atoms with van der Waals surface area (Å²) in [5, 5.41) is 0. The molecule has 0 aromatic heterocycles. The lowest BCUT2D eigenvalue weighted by Gasteiger charge is -2.36. The lowest BCUT2D eigenvalue weighted by molar-refractivity contribution is -0.137. The van der Waals surface area contributed by atoms with Gasteiger partial charge < -0.3 is 10.6 Å². The first-order valence-electron chi connectivity index (χ1n) is 7.42. The van der Waals surface area contributed by atoms with Crippen molar-refractivity contribution in [3.63, 3.8) is 0 Å². The predicted octanol–water partition coefficient (Wildman–Crippen LogP) is 2.64. The van der Waals surface area contributed by atoms with E-state index in [2.05, 4.69) is 20.8 Å². The van der Waals surface area contributed by atoms with Crippen molar-refractivity contribution in [2.45, 2.75) is 58.9 Å². The third kappa shape index (κ3) is 4.27. The lowest BCUT2D eigenvalue weighted by atomic mass is 9.85. The highest BCUT2D eigenvalue weighted by Crippen LogP contribution is 2.28. The number of hydrogen-bond acceptors (Lipinski definition) is 2. The van der Waals surface area contributed by atoms with Gasteiger partial charge in [-0.25, -0.2) is 0 Å². The molecule has 1 aliphatic carbocycles. The van der Waals surface area contributed by atoms with Gasteiger partial charge in [0.25, 0.3) is 0 Å². The Hall–Kier alpha value is -0.570. The Balaban J connectivity index is 2.57. The van der Waals surface area contributed by atoms with Crippen LogP contribution in [0.5, 0.6) is 0 Å². The molecule has 1 rings (SSSR count). The van der Waals surface area contributed by atoms with Gasteiger partial charge in [-0.3, -0.25) is 4.79 Å². The maximum atomic E-state index is 12.5. The van der Waals surface area contributed by atoms with Gasteiger partial charge in [0.05, 0.1) is 5.92 Å². The molecule has 1 aliphatic rings. The summed E-state index contributed by atoms with van der Waals surface area (Å²) in [6, 6.07) is 0.433. The largest absolute Gasteiger partial charge is 0.342 e. The van der Waals surface area contributed by atoms with Crippen LogP contribution in [-0.2, 0) is 4.79 Å². The van der Waals surface area contributed by atoms with E-state index < -0.39 is 0 Å². The Morgan fingerprint density at radius 3 is 2.56 bits per heavy atom. The minimum absolute atomic E-state index is 0.00670. The topological polar surface area (TPSA) is 46.3 Å². The molecule has 18 heavy (non-hydrogen) atoms. The highest BCUT2D eigenvalue weighted by molar-refractivity contribution is 5.79. The van der Waals surface area contributed by atoms with Gasteiger partial charge in [-0.15, -0.1) is 0 Å². The summed E-state index contributed by atoms with van der Waals surface area (Å²) in [4.78, 5) is 14.4. The van der Waals surface area contributed by atoms with Crippen LogP contribution in [0.3, 0.4) is 0 Å². The summed E-state index contributed by atoms with van der Waals surface area (Å²) in [6.45, 7) is 7.07. The van der Waals surface area contributed by atoms with Crippen LogP contribution in [0.4, 0.5) is 0 Å². The fourth-order valence-corrected chi connectivity index (χ4v) is 3.09. The fourth-order valence-electron chi connectivity index (χ4n) is 3.09. The number of amides is 1. The van der Waals surface area contributed by atoms with Crippen molar-refractivity contribution in [2.24, 2.45) is 23.5 Å². The highest BCUT2D eigenvalue weighted by atomic mass is 16.2. The molecule has 3 atom stereocenters. The molecule has 3 unspecified atom stereocenters. The molecule has 0 aromatic carbocycles. The van der Waals surface area contributed by atoms with E-state index >= 15 is 0 Å². The van der Waals surface area contributed by atoms with Gasteiger partial charge in [-0.2, -0.15) is 0 Å². The summed E-state index contributed by atoms with van der Waals surface area (Å²) >= 11 is 0. The predicted molar refractivity (Wildman–Crippen MR) is 76.2 cm³/mol. The molecule has 0 aromatic rings. The molecule has 1 saturated carbocycles. The summed E-state index contributed by atoms with van der Waals surface area (Å²) in [6.07, 6.45) is 5.78. The maximum absolute atomic E-state index is 12.5. The second kappa shape index (κ2) is 7.13. The van der Waals surface area contributed by atoms with Gasteiger partial charge in [0, 0.05) is 19.6 Å². The SMILES string of the molecule is CC(C)CC(CN)C(=O)N(C)C1CCCC(C)C1. The molecular weight excluding hydrogens is 224 g/mol.